The molecule has 0 aliphatic carbocycles. The summed E-state index contributed by atoms with van der Waals surface area (Å²) in [4.78, 5) is 14.5. The van der Waals surface area contributed by atoms with Gasteiger partial charge in [-0.05, 0) is 42.0 Å². The van der Waals surface area contributed by atoms with E-state index in [1.165, 1.54) is 12.1 Å². The Kier molecular flexibility index (Phi) is 6.71. The van der Waals surface area contributed by atoms with Gasteiger partial charge in [-0.25, -0.2) is 12.8 Å². The number of ether oxygens (including phenoxy) is 1. The highest BCUT2D eigenvalue weighted by Crippen LogP contribution is 2.18. The Hall–Kier alpha value is -2.65. The molecule has 1 saturated heterocycles. The largest absolute Gasteiger partial charge is 0.378 e. The van der Waals surface area contributed by atoms with Gasteiger partial charge in [0.15, 0.2) is 0 Å². The lowest BCUT2D eigenvalue weighted by atomic mass is 10.2. The number of nitrogens with one attached hydrogen (secondary N) is 1. The number of benzene rings is 2. The Balaban J connectivity index is 1.58. The average Bonchev–Trinajstić information content (AvgIpc) is 2.71. The fourth-order valence-corrected chi connectivity index (χ4v) is 3.90. The molecular formula is C20H24FN3O4S. The second kappa shape index (κ2) is 9.23. The normalized spacial score (nSPS) is 14.5. The highest BCUT2D eigenvalue weighted by atomic mass is 32.2. The average molecular weight is 421 g/mol. The van der Waals surface area contributed by atoms with Crippen molar-refractivity contribution in [1.29, 1.82) is 0 Å². The van der Waals surface area contributed by atoms with E-state index in [2.05, 4.69) is 10.2 Å². The molecule has 1 aliphatic heterocycles. The summed E-state index contributed by atoms with van der Waals surface area (Å²) < 4.78 is 43.5. The summed E-state index contributed by atoms with van der Waals surface area (Å²) in [7, 11) is -3.69. The molecule has 1 fully saturated rings. The van der Waals surface area contributed by atoms with Crippen molar-refractivity contribution in [3.63, 3.8) is 0 Å². The highest BCUT2D eigenvalue weighted by Gasteiger charge is 2.20. The monoisotopic (exact) mass is 421 g/mol. The molecule has 2 aromatic carbocycles. The van der Waals surface area contributed by atoms with E-state index in [1.54, 1.807) is 0 Å². The van der Waals surface area contributed by atoms with Gasteiger partial charge in [-0.15, -0.1) is 0 Å². The molecular weight excluding hydrogens is 397 g/mol. The van der Waals surface area contributed by atoms with Crippen LogP contribution >= 0.6 is 0 Å². The number of carbonyl (C=O) groups is 1. The van der Waals surface area contributed by atoms with Crippen LogP contribution in [0.3, 0.4) is 0 Å². The Bertz CT molecular complexity index is 927. The number of sulfonamides is 1. The molecule has 0 atom stereocenters. The van der Waals surface area contributed by atoms with Gasteiger partial charge >= 0.3 is 0 Å². The number of morpholine rings is 1. The summed E-state index contributed by atoms with van der Waals surface area (Å²) in [6.07, 6.45) is 1.01. The van der Waals surface area contributed by atoms with Crippen molar-refractivity contribution in [3.8, 4) is 0 Å². The molecule has 156 valence electrons. The maximum absolute atomic E-state index is 13.1. The Morgan fingerprint density at radius 3 is 2.31 bits per heavy atom. The molecule has 1 amide bonds. The van der Waals surface area contributed by atoms with E-state index >= 15 is 0 Å². The predicted molar refractivity (Wildman–Crippen MR) is 110 cm³/mol. The van der Waals surface area contributed by atoms with E-state index in [1.807, 2.05) is 24.3 Å². The minimum Gasteiger partial charge on any atom is -0.378 e. The summed E-state index contributed by atoms with van der Waals surface area (Å²) in [5, 5.41) is 2.73. The summed E-state index contributed by atoms with van der Waals surface area (Å²) >= 11 is 0. The maximum atomic E-state index is 13.1. The number of anilines is 2. The summed E-state index contributed by atoms with van der Waals surface area (Å²) in [5.74, 6) is -0.927. The predicted octanol–water partition coefficient (Wildman–Crippen LogP) is 1.74. The topological polar surface area (TPSA) is 79.0 Å². The summed E-state index contributed by atoms with van der Waals surface area (Å²) in [5.41, 5.74) is 2.24. The Morgan fingerprint density at radius 2 is 1.72 bits per heavy atom. The first-order valence-corrected chi connectivity index (χ1v) is 11.1. The molecule has 1 heterocycles. The van der Waals surface area contributed by atoms with E-state index in [-0.39, 0.29) is 18.8 Å². The Labute approximate surface area is 170 Å². The third-order valence-electron chi connectivity index (χ3n) is 4.60. The van der Waals surface area contributed by atoms with Crippen LogP contribution in [0.2, 0.25) is 0 Å². The van der Waals surface area contributed by atoms with E-state index in [0.717, 1.165) is 47.0 Å². The molecule has 0 unspecified atom stereocenters. The van der Waals surface area contributed by atoms with Crippen LogP contribution in [0, 0.1) is 5.82 Å². The smallest absolute Gasteiger partial charge is 0.241 e. The zero-order valence-electron chi connectivity index (χ0n) is 16.2. The van der Waals surface area contributed by atoms with Gasteiger partial charge in [-0.2, -0.15) is 0 Å². The van der Waals surface area contributed by atoms with E-state index in [0.29, 0.717) is 13.2 Å². The van der Waals surface area contributed by atoms with Crippen molar-refractivity contribution < 1.29 is 22.3 Å². The molecule has 0 radical (unpaired) electrons. The van der Waals surface area contributed by atoms with Crippen molar-refractivity contribution in [2.24, 2.45) is 0 Å². The van der Waals surface area contributed by atoms with Crippen LogP contribution in [0.1, 0.15) is 5.56 Å². The van der Waals surface area contributed by atoms with E-state index in [9.17, 15) is 17.6 Å². The lowest BCUT2D eigenvalue weighted by Crippen LogP contribution is -2.40. The number of rotatable bonds is 7. The van der Waals surface area contributed by atoms with Gasteiger partial charge in [0.05, 0.1) is 25.2 Å². The molecule has 0 saturated carbocycles. The van der Waals surface area contributed by atoms with E-state index < -0.39 is 21.7 Å². The molecule has 3 rings (SSSR count). The van der Waals surface area contributed by atoms with Gasteiger partial charge in [0, 0.05) is 25.3 Å². The quantitative estimate of drug-likeness (QED) is 0.737. The van der Waals surface area contributed by atoms with Crippen molar-refractivity contribution >= 4 is 27.3 Å². The molecule has 0 spiro atoms. The first kappa shape index (κ1) is 21.1. The molecule has 29 heavy (non-hydrogen) atoms. The van der Waals surface area contributed by atoms with Gasteiger partial charge in [0.25, 0.3) is 0 Å². The third kappa shape index (κ3) is 5.91. The minimum atomic E-state index is -3.69. The van der Waals surface area contributed by atoms with Crippen molar-refractivity contribution in [2.75, 3.05) is 48.3 Å². The lowest BCUT2D eigenvalue weighted by molar-refractivity contribution is -0.119. The fourth-order valence-electron chi connectivity index (χ4n) is 3.04. The van der Waals surface area contributed by atoms with Gasteiger partial charge < -0.3 is 15.0 Å². The highest BCUT2D eigenvalue weighted by molar-refractivity contribution is 7.92. The maximum Gasteiger partial charge on any atom is 0.241 e. The van der Waals surface area contributed by atoms with E-state index in [4.69, 9.17) is 4.74 Å². The molecule has 9 heteroatoms. The minimum absolute atomic E-state index is 0.235. The SMILES string of the molecule is CS(=O)(=O)N(CC(=O)NCc1ccc(N2CCOCC2)cc1)c1ccc(F)cc1. The van der Waals surface area contributed by atoms with Crippen LogP contribution in [-0.4, -0.2) is 53.4 Å². The van der Waals surface area contributed by atoms with Gasteiger partial charge in [-0.3, -0.25) is 9.10 Å². The molecule has 0 aromatic heterocycles. The number of hydrogen-bond donors (Lipinski definition) is 1. The molecule has 0 bridgehead atoms. The summed E-state index contributed by atoms with van der Waals surface area (Å²) in [6, 6.07) is 12.8. The first-order valence-electron chi connectivity index (χ1n) is 9.24. The molecule has 2 aromatic rings. The zero-order valence-corrected chi connectivity index (χ0v) is 17.0. The summed E-state index contributed by atoms with van der Waals surface area (Å²) in [6.45, 7) is 3.02. The number of halogens is 1. The number of hydrogen-bond acceptors (Lipinski definition) is 5. The Morgan fingerprint density at radius 1 is 1.10 bits per heavy atom. The number of nitrogens with zero attached hydrogens (tertiary/aromatic N) is 2. The number of amides is 1. The van der Waals surface area contributed by atoms with Gasteiger partial charge in [0.2, 0.25) is 15.9 Å². The lowest BCUT2D eigenvalue weighted by Gasteiger charge is -2.29. The fraction of sp³-hybridized carbons (Fsp3) is 0.350. The van der Waals surface area contributed by atoms with Gasteiger partial charge in [0.1, 0.15) is 12.4 Å². The third-order valence-corrected chi connectivity index (χ3v) is 5.74. The molecule has 7 nitrogen and oxygen atoms in total. The van der Waals surface area contributed by atoms with Crippen molar-refractivity contribution in [2.45, 2.75) is 6.54 Å². The van der Waals surface area contributed by atoms with Crippen LogP contribution in [0.4, 0.5) is 15.8 Å². The number of carbonyl (C=O) groups excluding carboxylic acids is 1. The first-order chi connectivity index (χ1) is 13.8. The molecule has 1 aliphatic rings. The van der Waals surface area contributed by atoms with Crippen molar-refractivity contribution in [3.05, 3.63) is 59.9 Å². The van der Waals surface area contributed by atoms with Crippen LogP contribution < -0.4 is 14.5 Å². The molecule has 1 N–H and O–H groups in total. The second-order valence-corrected chi connectivity index (χ2v) is 8.70. The van der Waals surface area contributed by atoms with Gasteiger partial charge in [-0.1, -0.05) is 12.1 Å². The standard InChI is InChI=1S/C20H24FN3O4S/c1-29(26,27)24(19-8-4-17(21)5-9-19)15-20(25)22-14-16-2-6-18(7-3-16)23-10-12-28-13-11-23/h2-9H,10-15H2,1H3,(H,22,25). The zero-order chi connectivity index (χ0) is 20.9. The van der Waals surface area contributed by atoms with Crippen LogP contribution in [0.25, 0.3) is 0 Å². The van der Waals surface area contributed by atoms with Crippen molar-refractivity contribution in [1.82, 2.24) is 5.32 Å². The second-order valence-electron chi connectivity index (χ2n) is 6.79. The van der Waals surface area contributed by atoms with Crippen LogP contribution in [0.5, 0.6) is 0 Å². The van der Waals surface area contributed by atoms with Crippen LogP contribution in [-0.2, 0) is 26.1 Å². The van der Waals surface area contributed by atoms with Crippen LogP contribution in [0.15, 0.2) is 48.5 Å².